The average molecular weight is 198 g/mol. The molecule has 0 spiro atoms. The molecule has 2 aliphatic rings. The van der Waals surface area contributed by atoms with E-state index in [1.165, 1.54) is 0 Å². The van der Waals surface area contributed by atoms with Crippen molar-refractivity contribution in [3.63, 3.8) is 0 Å². The number of hydrogen-bond acceptors (Lipinski definition) is 4. The van der Waals surface area contributed by atoms with Gasteiger partial charge in [-0.2, -0.15) is 0 Å². The number of hydrogen-bond donors (Lipinski definition) is 1. The number of nitrogens with zero attached hydrogens (tertiary/aromatic N) is 1. The van der Waals surface area contributed by atoms with Crippen LogP contribution in [0.5, 0.6) is 0 Å². The molecule has 2 heterocycles. The topological polar surface area (TPSA) is 41.6 Å². The molecule has 2 unspecified atom stereocenters. The summed E-state index contributed by atoms with van der Waals surface area (Å²) in [4.78, 5) is 13.7. The lowest BCUT2D eigenvalue weighted by Gasteiger charge is -2.30. The van der Waals surface area contributed by atoms with Crippen LogP contribution < -0.4 is 5.32 Å². The van der Waals surface area contributed by atoms with E-state index in [1.54, 1.807) is 0 Å². The second-order valence-corrected chi connectivity index (χ2v) is 3.95. The largest absolute Gasteiger partial charge is 0.464 e. The first kappa shape index (κ1) is 9.93. The monoisotopic (exact) mass is 198 g/mol. The molecule has 0 saturated carbocycles. The lowest BCUT2D eigenvalue weighted by molar-refractivity contribution is -0.142. The summed E-state index contributed by atoms with van der Waals surface area (Å²) >= 11 is 0. The van der Waals surface area contributed by atoms with Gasteiger partial charge in [0.05, 0.1) is 6.61 Å². The number of likely N-dealkylation sites (N-methyl/N-ethyl adjacent to an activating group) is 1. The van der Waals surface area contributed by atoms with Crippen molar-refractivity contribution < 1.29 is 9.53 Å². The van der Waals surface area contributed by atoms with Crippen molar-refractivity contribution in [2.24, 2.45) is 0 Å². The molecule has 1 N–H and O–H groups in total. The van der Waals surface area contributed by atoms with E-state index >= 15 is 0 Å². The van der Waals surface area contributed by atoms with Crippen LogP contribution in [0.25, 0.3) is 0 Å². The third-order valence-corrected chi connectivity index (χ3v) is 3.18. The first-order chi connectivity index (χ1) is 6.83. The predicted octanol–water partition coefficient (Wildman–Crippen LogP) is -0.0143. The summed E-state index contributed by atoms with van der Waals surface area (Å²) in [7, 11) is 0. The average Bonchev–Trinajstić information content (AvgIpc) is 2.80. The van der Waals surface area contributed by atoms with Crippen molar-refractivity contribution in [3.05, 3.63) is 0 Å². The van der Waals surface area contributed by atoms with Crippen molar-refractivity contribution in [3.8, 4) is 0 Å². The van der Waals surface area contributed by atoms with Gasteiger partial charge in [-0.05, 0) is 19.5 Å². The summed E-state index contributed by atoms with van der Waals surface area (Å²) in [5.41, 5.74) is 0. The summed E-state index contributed by atoms with van der Waals surface area (Å²) in [6, 6.07) is 0.542. The third-order valence-electron chi connectivity index (χ3n) is 3.18. The van der Waals surface area contributed by atoms with E-state index in [0.29, 0.717) is 12.6 Å². The van der Waals surface area contributed by atoms with Crippen LogP contribution in [0, 0.1) is 0 Å². The van der Waals surface area contributed by atoms with Gasteiger partial charge in [-0.15, -0.1) is 0 Å². The van der Waals surface area contributed by atoms with Gasteiger partial charge in [-0.3, -0.25) is 9.69 Å². The maximum atomic E-state index is 11.4. The van der Waals surface area contributed by atoms with Crippen molar-refractivity contribution in [1.82, 2.24) is 10.2 Å². The van der Waals surface area contributed by atoms with Crippen LogP contribution >= 0.6 is 0 Å². The van der Waals surface area contributed by atoms with Crippen LogP contribution in [-0.2, 0) is 9.53 Å². The van der Waals surface area contributed by atoms with E-state index in [2.05, 4.69) is 17.1 Å². The van der Waals surface area contributed by atoms with E-state index in [0.717, 1.165) is 32.5 Å². The SMILES string of the molecule is CCN(C1CCNC1)C1CCOC1=O. The number of esters is 1. The highest BCUT2D eigenvalue weighted by atomic mass is 16.5. The molecule has 0 aromatic rings. The zero-order chi connectivity index (χ0) is 9.97. The van der Waals surface area contributed by atoms with Gasteiger partial charge in [0, 0.05) is 19.0 Å². The van der Waals surface area contributed by atoms with Crippen molar-refractivity contribution in [2.75, 3.05) is 26.2 Å². The fraction of sp³-hybridized carbons (Fsp3) is 0.900. The Morgan fingerprint density at radius 3 is 2.93 bits per heavy atom. The van der Waals surface area contributed by atoms with E-state index in [4.69, 9.17) is 4.74 Å². The van der Waals surface area contributed by atoms with E-state index in [-0.39, 0.29) is 12.0 Å². The van der Waals surface area contributed by atoms with Gasteiger partial charge in [0.15, 0.2) is 0 Å². The predicted molar refractivity (Wildman–Crippen MR) is 53.0 cm³/mol. The van der Waals surface area contributed by atoms with Crippen LogP contribution in [0.15, 0.2) is 0 Å². The van der Waals surface area contributed by atoms with Gasteiger partial charge in [0.25, 0.3) is 0 Å². The molecular weight excluding hydrogens is 180 g/mol. The molecule has 14 heavy (non-hydrogen) atoms. The van der Waals surface area contributed by atoms with Crippen LogP contribution in [0.4, 0.5) is 0 Å². The number of carbonyl (C=O) groups is 1. The number of rotatable bonds is 3. The summed E-state index contributed by atoms with van der Waals surface area (Å²) in [5, 5.41) is 3.33. The molecule has 0 amide bonds. The Labute approximate surface area is 84.6 Å². The highest BCUT2D eigenvalue weighted by molar-refractivity contribution is 5.77. The lowest BCUT2D eigenvalue weighted by Crippen LogP contribution is -2.46. The maximum Gasteiger partial charge on any atom is 0.323 e. The Morgan fingerprint density at radius 1 is 1.57 bits per heavy atom. The van der Waals surface area contributed by atoms with Gasteiger partial charge in [-0.1, -0.05) is 6.92 Å². The highest BCUT2D eigenvalue weighted by Crippen LogP contribution is 2.19. The summed E-state index contributed by atoms with van der Waals surface area (Å²) in [5.74, 6) is -0.0289. The number of cyclic esters (lactones) is 1. The molecule has 0 aromatic carbocycles. The van der Waals surface area contributed by atoms with Crippen molar-refractivity contribution >= 4 is 5.97 Å². The quantitative estimate of drug-likeness (QED) is 0.647. The molecular formula is C10H18N2O2. The molecule has 4 nitrogen and oxygen atoms in total. The molecule has 2 saturated heterocycles. The Bertz CT molecular complexity index is 214. The van der Waals surface area contributed by atoms with Crippen molar-refractivity contribution in [2.45, 2.75) is 31.8 Å². The Morgan fingerprint density at radius 2 is 2.43 bits per heavy atom. The van der Waals surface area contributed by atoms with Gasteiger partial charge < -0.3 is 10.1 Å². The molecule has 80 valence electrons. The Hall–Kier alpha value is -0.610. The number of nitrogens with one attached hydrogen (secondary N) is 1. The van der Waals surface area contributed by atoms with Crippen molar-refractivity contribution in [1.29, 1.82) is 0 Å². The van der Waals surface area contributed by atoms with Crippen LogP contribution in [-0.4, -0.2) is 49.2 Å². The number of ether oxygens (including phenoxy) is 1. The molecule has 2 atom stereocenters. The third kappa shape index (κ3) is 1.77. The molecule has 4 heteroatoms. The number of carbonyl (C=O) groups excluding carboxylic acids is 1. The van der Waals surface area contributed by atoms with Gasteiger partial charge in [-0.25, -0.2) is 0 Å². The normalized spacial score (nSPS) is 32.6. The van der Waals surface area contributed by atoms with Gasteiger partial charge in [0.2, 0.25) is 0 Å². The molecule has 0 aliphatic carbocycles. The van der Waals surface area contributed by atoms with E-state index in [9.17, 15) is 4.79 Å². The minimum Gasteiger partial charge on any atom is -0.464 e. The Balaban J connectivity index is 2.00. The zero-order valence-electron chi connectivity index (χ0n) is 8.66. The molecule has 2 fully saturated rings. The minimum absolute atomic E-state index is 0.0184. The molecule has 0 bridgehead atoms. The van der Waals surface area contributed by atoms with Crippen LogP contribution in [0.2, 0.25) is 0 Å². The summed E-state index contributed by atoms with van der Waals surface area (Å²) < 4.78 is 5.01. The Kier molecular flexibility index (Phi) is 3.03. The first-order valence-electron chi connectivity index (χ1n) is 5.46. The van der Waals surface area contributed by atoms with E-state index < -0.39 is 0 Å². The molecule has 2 aliphatic heterocycles. The smallest absolute Gasteiger partial charge is 0.323 e. The molecule has 0 aromatic heterocycles. The first-order valence-corrected chi connectivity index (χ1v) is 5.46. The standard InChI is InChI=1S/C10H18N2O2/c1-2-12(8-3-5-11-7-8)9-4-6-14-10(9)13/h8-9,11H,2-7H2,1H3. The summed E-state index contributed by atoms with van der Waals surface area (Å²) in [6.07, 6.45) is 2.01. The minimum atomic E-state index is -0.0289. The zero-order valence-corrected chi connectivity index (χ0v) is 8.66. The fourth-order valence-corrected chi connectivity index (χ4v) is 2.44. The highest BCUT2D eigenvalue weighted by Gasteiger charge is 2.36. The van der Waals surface area contributed by atoms with Gasteiger partial charge >= 0.3 is 5.97 Å². The van der Waals surface area contributed by atoms with Crippen LogP contribution in [0.3, 0.4) is 0 Å². The van der Waals surface area contributed by atoms with Gasteiger partial charge in [0.1, 0.15) is 6.04 Å². The lowest BCUT2D eigenvalue weighted by atomic mass is 10.1. The van der Waals surface area contributed by atoms with Crippen LogP contribution in [0.1, 0.15) is 19.8 Å². The van der Waals surface area contributed by atoms with E-state index in [1.807, 2.05) is 0 Å². The molecule has 2 rings (SSSR count). The summed E-state index contributed by atoms with van der Waals surface area (Å²) in [6.45, 7) is 5.73. The maximum absolute atomic E-state index is 11.4. The molecule has 0 radical (unpaired) electrons. The second-order valence-electron chi connectivity index (χ2n) is 3.95. The second kappa shape index (κ2) is 4.28. The fourth-order valence-electron chi connectivity index (χ4n) is 2.44.